The van der Waals surface area contributed by atoms with E-state index in [1.165, 1.54) is 0 Å². The van der Waals surface area contributed by atoms with Gasteiger partial charge in [0.15, 0.2) is 0 Å². The Bertz CT molecular complexity index is 331. The number of hydrogen-bond donors (Lipinski definition) is 0. The van der Waals surface area contributed by atoms with Gasteiger partial charge in [-0.15, -0.1) is 0 Å². The van der Waals surface area contributed by atoms with Crippen molar-refractivity contribution in [3.8, 4) is 0 Å². The zero-order chi connectivity index (χ0) is 16.6. The molecule has 1 nitrogen and oxygen atoms in total. The van der Waals surface area contributed by atoms with Crippen molar-refractivity contribution in [2.45, 2.75) is 56.7 Å². The van der Waals surface area contributed by atoms with E-state index in [0.29, 0.717) is 0 Å². The van der Waals surface area contributed by atoms with Gasteiger partial charge in [0.25, 0.3) is 0 Å². The van der Waals surface area contributed by atoms with Crippen LogP contribution in [-0.2, 0) is 4.74 Å². The van der Waals surface area contributed by atoms with Crippen molar-refractivity contribution in [3.05, 3.63) is 0 Å². The fraction of sp³-hybridized carbons (Fsp3) is 1.00. The van der Waals surface area contributed by atoms with E-state index in [0.717, 1.165) is 6.92 Å². The van der Waals surface area contributed by atoms with E-state index in [1.807, 2.05) is 0 Å². The molecule has 1 unspecified atom stereocenters. The number of rotatable bonds is 6. The van der Waals surface area contributed by atoms with Crippen LogP contribution in [0.2, 0.25) is 0 Å². The molecule has 0 aliphatic carbocycles. The van der Waals surface area contributed by atoms with Crippen LogP contribution >= 0.6 is 0 Å². The van der Waals surface area contributed by atoms with Gasteiger partial charge in [-0.1, -0.05) is 13.3 Å². The Hall–Kier alpha value is -0.740. The lowest BCUT2D eigenvalue weighted by Gasteiger charge is -2.36. The highest BCUT2D eigenvalue weighted by atomic mass is 19.4. The fourth-order valence-corrected chi connectivity index (χ4v) is 1.09. The highest BCUT2D eigenvalue weighted by Gasteiger charge is 2.75. The molecule has 0 spiro atoms. The number of ether oxygens (including phenoxy) is 1. The molecule has 0 aromatic rings. The predicted molar refractivity (Wildman–Crippen MR) is 46.4 cm³/mol. The number of halogens is 10. The SMILES string of the molecule is CCCC(F)(OC(F)(F)C(F)(F)C(C)(F)F)C(F)(F)F. The highest BCUT2D eigenvalue weighted by molar-refractivity contribution is 4.91. The fourth-order valence-electron chi connectivity index (χ4n) is 1.09. The van der Waals surface area contributed by atoms with Crippen LogP contribution in [0.5, 0.6) is 0 Å². The van der Waals surface area contributed by atoms with Crippen molar-refractivity contribution in [1.29, 1.82) is 0 Å². The van der Waals surface area contributed by atoms with Crippen LogP contribution in [0, 0.1) is 0 Å². The van der Waals surface area contributed by atoms with E-state index in [-0.39, 0.29) is 0 Å². The molecule has 0 rings (SSSR count). The van der Waals surface area contributed by atoms with Gasteiger partial charge >= 0.3 is 30.0 Å². The third kappa shape index (κ3) is 3.47. The molecule has 0 aromatic carbocycles. The standard InChI is InChI=1S/C9H10F10O/c1-3-4-6(12,8(15,16)17)20-9(18,19)7(13,14)5(2,10)11/h3-4H2,1-2H3. The van der Waals surface area contributed by atoms with Crippen LogP contribution < -0.4 is 0 Å². The van der Waals surface area contributed by atoms with Crippen molar-refractivity contribution < 1.29 is 48.6 Å². The minimum Gasteiger partial charge on any atom is -0.269 e. The number of hydrogen-bond acceptors (Lipinski definition) is 1. The predicted octanol–water partition coefficient (Wildman–Crippen LogP) is 4.91. The topological polar surface area (TPSA) is 9.23 Å². The Kier molecular flexibility index (Phi) is 5.03. The molecule has 0 aliphatic rings. The average Bonchev–Trinajstić information content (AvgIpc) is 2.12. The summed E-state index contributed by atoms with van der Waals surface area (Å²) in [6.45, 7) is 0.270. The Morgan fingerprint density at radius 2 is 1.20 bits per heavy atom. The van der Waals surface area contributed by atoms with Crippen LogP contribution in [0.15, 0.2) is 0 Å². The van der Waals surface area contributed by atoms with E-state index in [2.05, 4.69) is 4.74 Å². The van der Waals surface area contributed by atoms with Crippen LogP contribution in [-0.4, -0.2) is 30.0 Å². The molecule has 0 aliphatic heterocycles. The molecule has 1 atom stereocenters. The Morgan fingerprint density at radius 1 is 0.800 bits per heavy atom. The molecule has 0 N–H and O–H groups in total. The zero-order valence-corrected chi connectivity index (χ0v) is 10.1. The van der Waals surface area contributed by atoms with Gasteiger partial charge in [0, 0.05) is 13.3 Å². The highest BCUT2D eigenvalue weighted by Crippen LogP contribution is 2.51. The van der Waals surface area contributed by atoms with Crippen LogP contribution in [0.25, 0.3) is 0 Å². The van der Waals surface area contributed by atoms with Gasteiger partial charge in [0.2, 0.25) is 0 Å². The van der Waals surface area contributed by atoms with Crippen molar-refractivity contribution in [2.24, 2.45) is 0 Å². The molecular formula is C9H10F10O. The van der Waals surface area contributed by atoms with Crippen molar-refractivity contribution in [2.75, 3.05) is 0 Å². The van der Waals surface area contributed by atoms with E-state index in [1.54, 1.807) is 0 Å². The molecule has 0 saturated heterocycles. The second-order valence-electron chi connectivity index (χ2n) is 4.06. The summed E-state index contributed by atoms with van der Waals surface area (Å²) in [5.74, 6) is -16.9. The van der Waals surface area contributed by atoms with Gasteiger partial charge < -0.3 is 0 Å². The summed E-state index contributed by atoms with van der Waals surface area (Å²) in [7, 11) is 0. The van der Waals surface area contributed by atoms with Gasteiger partial charge in [-0.2, -0.15) is 39.5 Å². The maximum Gasteiger partial charge on any atom is 0.448 e. The van der Waals surface area contributed by atoms with Crippen molar-refractivity contribution >= 4 is 0 Å². The smallest absolute Gasteiger partial charge is 0.269 e. The minimum absolute atomic E-state index is 0.655. The molecular weight excluding hydrogens is 314 g/mol. The summed E-state index contributed by atoms with van der Waals surface area (Å²) in [4.78, 5) is 0. The first kappa shape index (κ1) is 19.3. The molecule has 11 heteroatoms. The lowest BCUT2D eigenvalue weighted by atomic mass is 10.1. The van der Waals surface area contributed by atoms with Gasteiger partial charge in [-0.05, 0) is 0 Å². The van der Waals surface area contributed by atoms with Gasteiger partial charge in [-0.3, -0.25) is 4.74 Å². The molecule has 0 heterocycles. The first-order valence-corrected chi connectivity index (χ1v) is 5.11. The minimum atomic E-state index is -6.36. The van der Waals surface area contributed by atoms with E-state index in [9.17, 15) is 43.9 Å². The molecule has 0 bridgehead atoms. The summed E-state index contributed by atoms with van der Waals surface area (Å²) in [5, 5.41) is 0. The van der Waals surface area contributed by atoms with Gasteiger partial charge in [-0.25, -0.2) is 4.39 Å². The second kappa shape index (κ2) is 5.23. The Morgan fingerprint density at radius 3 is 1.45 bits per heavy atom. The normalized spacial score (nSPS) is 18.0. The maximum atomic E-state index is 13.3. The summed E-state index contributed by atoms with van der Waals surface area (Å²) in [5.41, 5.74) is 0. The molecule has 0 fully saturated rings. The third-order valence-corrected chi connectivity index (χ3v) is 2.20. The molecule has 0 saturated carbocycles. The lowest BCUT2D eigenvalue weighted by molar-refractivity contribution is -0.470. The third-order valence-electron chi connectivity index (χ3n) is 2.20. The largest absolute Gasteiger partial charge is 0.448 e. The summed E-state index contributed by atoms with van der Waals surface area (Å²) in [6, 6.07) is 0. The average molecular weight is 324 g/mol. The van der Waals surface area contributed by atoms with E-state index in [4.69, 9.17) is 0 Å². The first-order valence-electron chi connectivity index (χ1n) is 5.11. The summed E-state index contributed by atoms with van der Waals surface area (Å²) < 4.78 is 128. The second-order valence-corrected chi connectivity index (χ2v) is 4.06. The molecule has 0 aromatic heterocycles. The Balaban J connectivity index is 5.54. The summed E-state index contributed by atoms with van der Waals surface area (Å²) >= 11 is 0. The van der Waals surface area contributed by atoms with Crippen molar-refractivity contribution in [1.82, 2.24) is 0 Å². The Labute approximate surface area is 106 Å². The lowest BCUT2D eigenvalue weighted by Crippen LogP contribution is -2.59. The quantitative estimate of drug-likeness (QED) is 0.631. The van der Waals surface area contributed by atoms with E-state index >= 15 is 0 Å². The molecule has 20 heavy (non-hydrogen) atoms. The molecule has 0 radical (unpaired) electrons. The van der Waals surface area contributed by atoms with Gasteiger partial charge in [0.05, 0.1) is 0 Å². The first-order chi connectivity index (χ1) is 8.52. The van der Waals surface area contributed by atoms with E-state index < -0.39 is 49.8 Å². The van der Waals surface area contributed by atoms with Crippen LogP contribution in [0.3, 0.4) is 0 Å². The number of alkyl halides is 10. The molecule has 0 amide bonds. The maximum absolute atomic E-state index is 13.3. The monoisotopic (exact) mass is 324 g/mol. The summed E-state index contributed by atoms with van der Waals surface area (Å²) in [6.07, 6.45) is -14.9. The van der Waals surface area contributed by atoms with Crippen LogP contribution in [0.4, 0.5) is 43.9 Å². The van der Waals surface area contributed by atoms with Gasteiger partial charge in [0.1, 0.15) is 0 Å². The van der Waals surface area contributed by atoms with Crippen LogP contribution in [0.1, 0.15) is 26.7 Å². The molecule has 122 valence electrons. The van der Waals surface area contributed by atoms with Crippen molar-refractivity contribution in [3.63, 3.8) is 0 Å². The zero-order valence-electron chi connectivity index (χ0n) is 10.1.